The van der Waals surface area contributed by atoms with E-state index in [0.29, 0.717) is 16.6 Å². The minimum atomic E-state index is 0.358. The number of aromatic amines is 1. The number of aromatic nitrogens is 2. The van der Waals surface area contributed by atoms with Gasteiger partial charge in [-0.3, -0.25) is 0 Å². The van der Waals surface area contributed by atoms with Gasteiger partial charge in [0.15, 0.2) is 11.6 Å². The summed E-state index contributed by atoms with van der Waals surface area (Å²) in [7, 11) is 0. The second-order valence-corrected chi connectivity index (χ2v) is 3.89. The predicted octanol–water partition coefficient (Wildman–Crippen LogP) is 3.06. The number of rotatable bonds is 1. The van der Waals surface area contributed by atoms with Crippen LogP contribution in [0, 0.1) is 0 Å². The summed E-state index contributed by atoms with van der Waals surface area (Å²) in [5.74, 6) is 0.966. The van der Waals surface area contributed by atoms with Crippen molar-refractivity contribution in [2.75, 3.05) is 5.73 Å². The van der Waals surface area contributed by atoms with Crippen molar-refractivity contribution < 1.29 is 4.52 Å². The Balaban J connectivity index is 2.32. The quantitative estimate of drug-likeness (QED) is 0.679. The van der Waals surface area contributed by atoms with Crippen LogP contribution in [0.3, 0.4) is 0 Å². The molecule has 4 nitrogen and oxygen atoms in total. The number of nitrogens with zero attached hydrogens (tertiary/aromatic N) is 1. The van der Waals surface area contributed by atoms with Crippen LogP contribution in [0.1, 0.15) is 0 Å². The van der Waals surface area contributed by atoms with Gasteiger partial charge in [-0.15, -0.1) is 0 Å². The SMILES string of the molecule is Nc1cc(-c2c[nH]c3cccc(Cl)c23)on1. The van der Waals surface area contributed by atoms with Gasteiger partial charge < -0.3 is 15.2 Å². The average molecular weight is 234 g/mol. The third kappa shape index (κ3) is 1.27. The fraction of sp³-hybridized carbons (Fsp3) is 0. The van der Waals surface area contributed by atoms with Gasteiger partial charge in [-0.25, -0.2) is 0 Å². The summed E-state index contributed by atoms with van der Waals surface area (Å²) in [6, 6.07) is 7.34. The van der Waals surface area contributed by atoms with Crippen molar-refractivity contribution in [1.82, 2.24) is 10.1 Å². The Hall–Kier alpha value is -1.94. The van der Waals surface area contributed by atoms with Gasteiger partial charge in [-0.1, -0.05) is 22.8 Å². The van der Waals surface area contributed by atoms with Crippen LogP contribution < -0.4 is 5.73 Å². The van der Waals surface area contributed by atoms with Crippen molar-refractivity contribution in [3.05, 3.63) is 35.5 Å². The molecular formula is C11H8ClN3O. The number of fused-ring (bicyclic) bond motifs is 1. The Morgan fingerprint density at radius 2 is 2.25 bits per heavy atom. The van der Waals surface area contributed by atoms with Gasteiger partial charge in [0.05, 0.1) is 5.02 Å². The molecule has 0 unspecified atom stereocenters. The van der Waals surface area contributed by atoms with E-state index in [-0.39, 0.29) is 0 Å². The van der Waals surface area contributed by atoms with E-state index >= 15 is 0 Å². The molecule has 0 amide bonds. The maximum atomic E-state index is 6.15. The molecule has 3 aromatic rings. The van der Waals surface area contributed by atoms with E-state index in [9.17, 15) is 0 Å². The van der Waals surface area contributed by atoms with Gasteiger partial charge >= 0.3 is 0 Å². The highest BCUT2D eigenvalue weighted by Gasteiger charge is 2.12. The molecule has 2 heterocycles. The number of hydrogen-bond acceptors (Lipinski definition) is 3. The van der Waals surface area contributed by atoms with Gasteiger partial charge in [0.2, 0.25) is 0 Å². The molecule has 2 aromatic heterocycles. The third-order valence-electron chi connectivity index (χ3n) is 2.45. The normalized spacial score (nSPS) is 11.1. The first-order chi connectivity index (χ1) is 7.75. The van der Waals surface area contributed by atoms with E-state index < -0.39 is 0 Å². The average Bonchev–Trinajstić information content (AvgIpc) is 2.84. The molecule has 80 valence electrons. The first-order valence-electron chi connectivity index (χ1n) is 4.74. The molecule has 0 radical (unpaired) electrons. The summed E-state index contributed by atoms with van der Waals surface area (Å²) in [5.41, 5.74) is 7.34. The zero-order valence-electron chi connectivity index (χ0n) is 8.20. The van der Waals surface area contributed by atoms with Gasteiger partial charge in [0.1, 0.15) is 0 Å². The molecular weight excluding hydrogens is 226 g/mol. The van der Waals surface area contributed by atoms with E-state index in [2.05, 4.69) is 10.1 Å². The molecule has 0 saturated heterocycles. The van der Waals surface area contributed by atoms with Crippen LogP contribution >= 0.6 is 11.6 Å². The van der Waals surface area contributed by atoms with Crippen molar-refractivity contribution in [3.8, 4) is 11.3 Å². The Bertz CT molecular complexity index is 656. The van der Waals surface area contributed by atoms with Crippen molar-refractivity contribution in [1.29, 1.82) is 0 Å². The maximum Gasteiger partial charge on any atom is 0.171 e. The van der Waals surface area contributed by atoms with Crippen LogP contribution in [0.5, 0.6) is 0 Å². The second-order valence-electron chi connectivity index (χ2n) is 3.48. The monoisotopic (exact) mass is 233 g/mol. The minimum Gasteiger partial charge on any atom is -0.381 e. The first-order valence-corrected chi connectivity index (χ1v) is 5.11. The number of benzene rings is 1. The number of H-pyrrole nitrogens is 1. The molecule has 1 aromatic carbocycles. The van der Waals surface area contributed by atoms with E-state index in [1.165, 1.54) is 0 Å². The lowest BCUT2D eigenvalue weighted by Crippen LogP contribution is -1.79. The molecule has 5 heteroatoms. The first kappa shape index (κ1) is 9.30. The summed E-state index contributed by atoms with van der Waals surface area (Å²) in [5, 5.41) is 5.24. The molecule has 0 spiro atoms. The smallest absolute Gasteiger partial charge is 0.171 e. The fourth-order valence-electron chi connectivity index (χ4n) is 1.75. The number of nitrogen functional groups attached to an aromatic ring is 1. The predicted molar refractivity (Wildman–Crippen MR) is 63.2 cm³/mol. The topological polar surface area (TPSA) is 67.8 Å². The van der Waals surface area contributed by atoms with Crippen LogP contribution in [0.4, 0.5) is 5.82 Å². The van der Waals surface area contributed by atoms with Crippen molar-refractivity contribution in [2.24, 2.45) is 0 Å². The van der Waals surface area contributed by atoms with Gasteiger partial charge in [0.25, 0.3) is 0 Å². The lowest BCUT2D eigenvalue weighted by atomic mass is 10.1. The van der Waals surface area contributed by atoms with E-state index in [0.717, 1.165) is 16.5 Å². The molecule has 0 bridgehead atoms. The minimum absolute atomic E-state index is 0.358. The summed E-state index contributed by atoms with van der Waals surface area (Å²) in [6.45, 7) is 0. The van der Waals surface area contributed by atoms with Crippen LogP contribution in [-0.4, -0.2) is 10.1 Å². The molecule has 0 aliphatic carbocycles. The molecule has 0 aliphatic heterocycles. The number of nitrogens with one attached hydrogen (secondary N) is 1. The summed E-state index contributed by atoms with van der Waals surface area (Å²) in [4.78, 5) is 3.12. The van der Waals surface area contributed by atoms with Crippen LogP contribution in [-0.2, 0) is 0 Å². The summed E-state index contributed by atoms with van der Waals surface area (Å²) in [6.07, 6.45) is 1.83. The second kappa shape index (κ2) is 3.28. The molecule has 3 N–H and O–H groups in total. The highest BCUT2D eigenvalue weighted by Crippen LogP contribution is 2.34. The molecule has 0 saturated carbocycles. The maximum absolute atomic E-state index is 6.15. The van der Waals surface area contributed by atoms with Gasteiger partial charge in [-0.05, 0) is 12.1 Å². The lowest BCUT2D eigenvalue weighted by Gasteiger charge is -1.95. The molecule has 16 heavy (non-hydrogen) atoms. The Morgan fingerprint density at radius 3 is 3.00 bits per heavy atom. The molecule has 0 atom stereocenters. The zero-order valence-corrected chi connectivity index (χ0v) is 8.95. The zero-order chi connectivity index (χ0) is 11.1. The highest BCUT2D eigenvalue weighted by molar-refractivity contribution is 6.36. The summed E-state index contributed by atoms with van der Waals surface area (Å²) < 4.78 is 5.12. The molecule has 3 rings (SSSR count). The van der Waals surface area contributed by atoms with Crippen LogP contribution in [0.15, 0.2) is 35.0 Å². The Morgan fingerprint density at radius 1 is 1.38 bits per heavy atom. The third-order valence-corrected chi connectivity index (χ3v) is 2.76. The number of halogens is 1. The van der Waals surface area contributed by atoms with Gasteiger partial charge in [0, 0.05) is 28.7 Å². The number of nitrogens with two attached hydrogens (primary N) is 1. The van der Waals surface area contributed by atoms with Crippen molar-refractivity contribution in [2.45, 2.75) is 0 Å². The number of hydrogen-bond donors (Lipinski definition) is 2. The van der Waals surface area contributed by atoms with E-state index in [1.807, 2.05) is 24.4 Å². The van der Waals surface area contributed by atoms with E-state index in [4.69, 9.17) is 21.9 Å². The molecule has 0 aliphatic rings. The Labute approximate surface area is 96.0 Å². The highest BCUT2D eigenvalue weighted by atomic mass is 35.5. The molecule has 0 fully saturated rings. The standard InChI is InChI=1S/C11H8ClN3O/c12-7-2-1-3-8-11(7)6(5-14-8)9-4-10(13)15-16-9/h1-5,14H,(H2,13,15). The largest absolute Gasteiger partial charge is 0.381 e. The van der Waals surface area contributed by atoms with E-state index in [1.54, 1.807) is 6.07 Å². The fourth-order valence-corrected chi connectivity index (χ4v) is 2.03. The van der Waals surface area contributed by atoms with Crippen LogP contribution in [0.25, 0.3) is 22.2 Å². The van der Waals surface area contributed by atoms with Crippen molar-refractivity contribution >= 4 is 28.3 Å². The Kier molecular flexibility index (Phi) is 1.91. The van der Waals surface area contributed by atoms with Crippen LogP contribution in [0.2, 0.25) is 5.02 Å². The lowest BCUT2D eigenvalue weighted by molar-refractivity contribution is 0.436. The van der Waals surface area contributed by atoms with Gasteiger partial charge in [-0.2, -0.15) is 0 Å². The van der Waals surface area contributed by atoms with Crippen molar-refractivity contribution in [3.63, 3.8) is 0 Å². The summed E-state index contributed by atoms with van der Waals surface area (Å²) >= 11 is 6.15. The number of anilines is 1.